The first-order chi connectivity index (χ1) is 7.22. The van der Waals surface area contributed by atoms with Gasteiger partial charge in [-0.15, -0.1) is 0 Å². The van der Waals surface area contributed by atoms with Crippen molar-refractivity contribution < 1.29 is 14.6 Å². The van der Waals surface area contributed by atoms with Crippen LogP contribution in [0.5, 0.6) is 17.2 Å². The van der Waals surface area contributed by atoms with Gasteiger partial charge in [0.25, 0.3) is 0 Å². The second-order valence-corrected chi connectivity index (χ2v) is 2.91. The van der Waals surface area contributed by atoms with Crippen molar-refractivity contribution in [1.82, 2.24) is 0 Å². The van der Waals surface area contributed by atoms with Crippen molar-refractivity contribution in [2.24, 2.45) is 0 Å². The van der Waals surface area contributed by atoms with E-state index in [4.69, 9.17) is 14.7 Å². The van der Waals surface area contributed by atoms with Gasteiger partial charge in [-0.05, 0) is 24.6 Å². The Labute approximate surface area is 88.7 Å². The molecule has 0 unspecified atom stereocenters. The lowest BCUT2D eigenvalue weighted by molar-refractivity contribution is 0.300. The molecule has 1 aromatic rings. The topological polar surface area (TPSA) is 62.5 Å². The molecule has 0 spiro atoms. The average Bonchev–Trinajstić information content (AvgIpc) is 2.18. The Balaban J connectivity index is 3.14. The molecule has 0 heterocycles. The number of methoxy groups -OCH3 is 1. The first-order valence-electron chi connectivity index (χ1n) is 4.62. The Hall–Kier alpha value is -1.89. The molecule has 4 heteroatoms. The highest BCUT2D eigenvalue weighted by Crippen LogP contribution is 2.37. The molecule has 0 fully saturated rings. The Kier molecular flexibility index (Phi) is 3.81. The van der Waals surface area contributed by atoms with Crippen molar-refractivity contribution in [2.45, 2.75) is 13.3 Å². The molecular formula is C11H13NO3. The predicted molar refractivity (Wildman–Crippen MR) is 55.1 cm³/mol. The number of nitrogens with zero attached hydrogens (tertiary/aromatic N) is 1. The summed E-state index contributed by atoms with van der Waals surface area (Å²) >= 11 is 0. The van der Waals surface area contributed by atoms with E-state index in [-0.39, 0.29) is 12.2 Å². The minimum atomic E-state index is -0.00583. The molecule has 1 aromatic carbocycles. The van der Waals surface area contributed by atoms with Gasteiger partial charge in [0.15, 0.2) is 11.5 Å². The van der Waals surface area contributed by atoms with Crippen LogP contribution >= 0.6 is 0 Å². The van der Waals surface area contributed by atoms with Crippen LogP contribution < -0.4 is 9.47 Å². The lowest BCUT2D eigenvalue weighted by Crippen LogP contribution is -1.97. The van der Waals surface area contributed by atoms with Crippen molar-refractivity contribution in [1.29, 1.82) is 5.26 Å². The Morgan fingerprint density at radius 3 is 2.73 bits per heavy atom. The number of nitriles is 1. The van der Waals surface area contributed by atoms with Gasteiger partial charge in [-0.2, -0.15) is 5.26 Å². The van der Waals surface area contributed by atoms with Crippen LogP contribution in [0.3, 0.4) is 0 Å². The fourth-order valence-corrected chi connectivity index (χ4v) is 1.30. The van der Waals surface area contributed by atoms with Gasteiger partial charge in [0.2, 0.25) is 5.75 Å². The number of phenolic OH excluding ortho intramolecular Hbond substituents is 1. The Bertz CT molecular complexity index is 382. The van der Waals surface area contributed by atoms with Crippen LogP contribution in [-0.4, -0.2) is 18.8 Å². The van der Waals surface area contributed by atoms with Crippen LogP contribution in [0.25, 0.3) is 0 Å². The maximum atomic E-state index is 9.61. The molecule has 0 bridgehead atoms. The summed E-state index contributed by atoms with van der Waals surface area (Å²) in [5.41, 5.74) is 0.708. The van der Waals surface area contributed by atoms with Crippen LogP contribution in [0, 0.1) is 11.3 Å². The van der Waals surface area contributed by atoms with Gasteiger partial charge in [0.1, 0.15) is 0 Å². The number of phenols is 1. The van der Waals surface area contributed by atoms with Crippen LogP contribution in [0.1, 0.15) is 12.5 Å². The van der Waals surface area contributed by atoms with E-state index < -0.39 is 0 Å². The number of rotatable bonds is 4. The second kappa shape index (κ2) is 5.11. The normalized spacial score (nSPS) is 9.40. The molecule has 15 heavy (non-hydrogen) atoms. The molecule has 0 aliphatic heterocycles. The molecule has 1 N–H and O–H groups in total. The first-order valence-corrected chi connectivity index (χ1v) is 4.62. The summed E-state index contributed by atoms with van der Waals surface area (Å²) in [4.78, 5) is 0. The highest BCUT2D eigenvalue weighted by atomic mass is 16.5. The molecule has 0 atom stereocenters. The van der Waals surface area contributed by atoms with Gasteiger partial charge in [-0.25, -0.2) is 0 Å². The zero-order valence-corrected chi connectivity index (χ0v) is 8.78. The van der Waals surface area contributed by atoms with E-state index in [9.17, 15) is 5.11 Å². The fraction of sp³-hybridized carbons (Fsp3) is 0.364. The largest absolute Gasteiger partial charge is 0.504 e. The van der Waals surface area contributed by atoms with E-state index in [1.807, 2.05) is 13.0 Å². The smallest absolute Gasteiger partial charge is 0.203 e. The lowest BCUT2D eigenvalue weighted by atomic mass is 10.1. The molecule has 80 valence electrons. The van der Waals surface area contributed by atoms with Crippen LogP contribution in [0.2, 0.25) is 0 Å². The summed E-state index contributed by atoms with van der Waals surface area (Å²) in [6, 6.07) is 5.21. The summed E-state index contributed by atoms with van der Waals surface area (Å²) in [5.74, 6) is 0.762. The quantitative estimate of drug-likeness (QED) is 0.818. The summed E-state index contributed by atoms with van der Waals surface area (Å²) in [5, 5.41) is 18.2. The highest BCUT2D eigenvalue weighted by molar-refractivity contribution is 5.53. The summed E-state index contributed by atoms with van der Waals surface area (Å²) < 4.78 is 10.3. The number of hydrogen-bond acceptors (Lipinski definition) is 4. The van der Waals surface area contributed by atoms with E-state index in [2.05, 4.69) is 0 Å². The van der Waals surface area contributed by atoms with E-state index in [1.165, 1.54) is 13.2 Å². The SMILES string of the molecule is CCOc1cc(CC#N)cc(O)c1OC. The van der Waals surface area contributed by atoms with Crippen LogP contribution in [-0.2, 0) is 6.42 Å². The number of aromatic hydroxyl groups is 1. The van der Waals surface area contributed by atoms with Gasteiger partial charge < -0.3 is 14.6 Å². The molecule has 0 amide bonds. The molecule has 0 aliphatic carbocycles. The summed E-state index contributed by atoms with van der Waals surface area (Å²) in [7, 11) is 1.46. The van der Waals surface area contributed by atoms with Crippen molar-refractivity contribution in [3.05, 3.63) is 17.7 Å². The van der Waals surface area contributed by atoms with Crippen LogP contribution in [0.4, 0.5) is 0 Å². The number of hydrogen-bond donors (Lipinski definition) is 1. The molecular weight excluding hydrogens is 194 g/mol. The predicted octanol–water partition coefficient (Wildman–Crippen LogP) is 1.87. The summed E-state index contributed by atoms with van der Waals surface area (Å²) in [6.07, 6.45) is 0.234. The minimum Gasteiger partial charge on any atom is -0.504 e. The van der Waals surface area contributed by atoms with Crippen molar-refractivity contribution in [3.63, 3.8) is 0 Å². The molecule has 0 saturated carbocycles. The third kappa shape index (κ3) is 2.53. The van der Waals surface area contributed by atoms with Gasteiger partial charge in [0, 0.05) is 0 Å². The number of ether oxygens (including phenoxy) is 2. The van der Waals surface area contributed by atoms with Crippen LogP contribution in [0.15, 0.2) is 12.1 Å². The van der Waals surface area contributed by atoms with Gasteiger partial charge in [-0.1, -0.05) is 0 Å². The maximum absolute atomic E-state index is 9.61. The monoisotopic (exact) mass is 207 g/mol. The van der Waals surface area contributed by atoms with Crippen molar-refractivity contribution >= 4 is 0 Å². The molecule has 0 aromatic heterocycles. The van der Waals surface area contributed by atoms with E-state index >= 15 is 0 Å². The molecule has 0 aliphatic rings. The molecule has 1 rings (SSSR count). The third-order valence-electron chi connectivity index (χ3n) is 1.88. The molecule has 0 radical (unpaired) electrons. The second-order valence-electron chi connectivity index (χ2n) is 2.91. The maximum Gasteiger partial charge on any atom is 0.203 e. The average molecular weight is 207 g/mol. The van der Waals surface area contributed by atoms with E-state index in [0.717, 1.165) is 0 Å². The standard InChI is InChI=1S/C11H13NO3/c1-3-15-10-7-8(4-5-12)6-9(13)11(10)14-2/h6-7,13H,3-4H2,1-2H3. The van der Waals surface area contributed by atoms with E-state index in [1.54, 1.807) is 6.07 Å². The highest BCUT2D eigenvalue weighted by Gasteiger charge is 2.11. The van der Waals surface area contributed by atoms with Crippen molar-refractivity contribution in [2.75, 3.05) is 13.7 Å². The number of benzene rings is 1. The van der Waals surface area contributed by atoms with Gasteiger partial charge in [-0.3, -0.25) is 0 Å². The van der Waals surface area contributed by atoms with Gasteiger partial charge >= 0.3 is 0 Å². The summed E-state index contributed by atoms with van der Waals surface area (Å²) in [6.45, 7) is 2.32. The minimum absolute atomic E-state index is 0.00583. The fourth-order valence-electron chi connectivity index (χ4n) is 1.30. The zero-order chi connectivity index (χ0) is 11.3. The van der Waals surface area contributed by atoms with Gasteiger partial charge in [0.05, 0.1) is 26.2 Å². The zero-order valence-electron chi connectivity index (χ0n) is 8.78. The Morgan fingerprint density at radius 1 is 1.47 bits per heavy atom. The van der Waals surface area contributed by atoms with Crippen molar-refractivity contribution in [3.8, 4) is 23.3 Å². The lowest BCUT2D eigenvalue weighted by Gasteiger charge is -2.11. The molecule has 0 saturated heterocycles. The van der Waals surface area contributed by atoms with E-state index in [0.29, 0.717) is 23.7 Å². The third-order valence-corrected chi connectivity index (χ3v) is 1.88. The Morgan fingerprint density at radius 2 is 2.20 bits per heavy atom. The first kappa shape index (κ1) is 11.2. The molecule has 4 nitrogen and oxygen atoms in total.